The van der Waals surface area contributed by atoms with Crippen LogP contribution >= 0.6 is 0 Å². The number of amides is 1. The van der Waals surface area contributed by atoms with Crippen LogP contribution < -0.4 is 19.7 Å². The van der Waals surface area contributed by atoms with E-state index in [1.165, 1.54) is 23.7 Å². The minimum Gasteiger partial charge on any atom is -0.484 e. The summed E-state index contributed by atoms with van der Waals surface area (Å²) in [5.41, 5.74) is 4.29. The lowest BCUT2D eigenvalue weighted by atomic mass is 9.79. The summed E-state index contributed by atoms with van der Waals surface area (Å²) >= 11 is 0. The molecule has 0 saturated carbocycles. The van der Waals surface area contributed by atoms with Gasteiger partial charge < -0.3 is 19.7 Å². The molecule has 15 nitrogen and oxygen atoms in total. The van der Waals surface area contributed by atoms with E-state index in [0.29, 0.717) is 36.3 Å². The molecule has 5 aromatic rings. The minimum atomic E-state index is -3.59. The fourth-order valence-corrected chi connectivity index (χ4v) is 7.92. The van der Waals surface area contributed by atoms with Crippen LogP contribution in [0.2, 0.25) is 0 Å². The van der Waals surface area contributed by atoms with E-state index in [4.69, 9.17) is 18.8 Å². The van der Waals surface area contributed by atoms with Gasteiger partial charge in [-0.05, 0) is 81.0 Å². The number of carbonyl (C=O) groups is 1. The lowest BCUT2D eigenvalue weighted by Crippen LogP contribution is -2.38. The van der Waals surface area contributed by atoms with E-state index in [-0.39, 0.29) is 36.5 Å². The Morgan fingerprint density at radius 2 is 1.80 bits per heavy atom. The lowest BCUT2D eigenvalue weighted by Gasteiger charge is -2.33. The van der Waals surface area contributed by atoms with Crippen molar-refractivity contribution in [1.82, 2.24) is 34.6 Å². The molecule has 0 bridgehead atoms. The van der Waals surface area contributed by atoms with Crippen LogP contribution in [0.3, 0.4) is 0 Å². The molecule has 0 spiro atoms. The van der Waals surface area contributed by atoms with E-state index < -0.39 is 10.1 Å². The monoisotopic (exact) mass is 785 g/mol. The van der Waals surface area contributed by atoms with Crippen molar-refractivity contribution >= 4 is 33.4 Å². The highest BCUT2D eigenvalue weighted by atomic mass is 32.2. The number of hydrogen-bond acceptors (Lipinski definition) is 12. The maximum Gasteiger partial charge on any atom is 0.264 e. The molecule has 0 unspecified atom stereocenters. The number of rotatable bonds is 14. The topological polar surface area (TPSA) is 168 Å². The van der Waals surface area contributed by atoms with Crippen molar-refractivity contribution in [3.63, 3.8) is 0 Å². The van der Waals surface area contributed by atoms with Gasteiger partial charge in [0.2, 0.25) is 17.7 Å². The largest absolute Gasteiger partial charge is 0.484 e. The fourth-order valence-electron chi connectivity index (χ4n) is 7.55. The first-order valence-corrected chi connectivity index (χ1v) is 21.2. The number of fused-ring (bicyclic) bond motifs is 2. The van der Waals surface area contributed by atoms with Crippen LogP contribution in [-0.4, -0.2) is 81.0 Å². The second-order valence-corrected chi connectivity index (χ2v) is 17.4. The summed E-state index contributed by atoms with van der Waals surface area (Å²) in [6.45, 7) is 9.17. The van der Waals surface area contributed by atoms with Gasteiger partial charge in [0, 0.05) is 36.6 Å². The molecular weight excluding hydrogens is 735 g/mol. The van der Waals surface area contributed by atoms with E-state index in [9.17, 15) is 13.2 Å². The van der Waals surface area contributed by atoms with Crippen LogP contribution in [-0.2, 0) is 24.5 Å². The number of nitrogens with one attached hydrogen (secondary N) is 1. The van der Waals surface area contributed by atoms with Gasteiger partial charge in [-0.25, -0.2) is 4.68 Å². The van der Waals surface area contributed by atoms with E-state index in [0.717, 1.165) is 67.9 Å². The van der Waals surface area contributed by atoms with Crippen molar-refractivity contribution in [2.45, 2.75) is 103 Å². The van der Waals surface area contributed by atoms with E-state index in [1.807, 2.05) is 45.2 Å². The number of nitrogens with zero attached hydrogens (tertiary/aromatic N) is 8. The van der Waals surface area contributed by atoms with E-state index >= 15 is 0 Å². The molecule has 1 N–H and O–H groups in total. The summed E-state index contributed by atoms with van der Waals surface area (Å²) in [6, 6.07) is 16.4. The summed E-state index contributed by atoms with van der Waals surface area (Å²) < 4.78 is 43.2. The number of ether oxygens (including phenoxy) is 2. The second kappa shape index (κ2) is 16.6. The van der Waals surface area contributed by atoms with E-state index in [2.05, 4.69) is 66.2 Å². The number of aromatic nitrogens is 7. The zero-order chi connectivity index (χ0) is 39.5. The predicted molar refractivity (Wildman–Crippen MR) is 212 cm³/mol. The number of benzene rings is 1. The minimum absolute atomic E-state index is 0.0418. The van der Waals surface area contributed by atoms with Crippen molar-refractivity contribution in [1.29, 1.82) is 0 Å². The van der Waals surface area contributed by atoms with Gasteiger partial charge in [0.15, 0.2) is 5.65 Å². The normalized spacial score (nSPS) is 18.8. The molecular formula is C40H51N9O6S. The zero-order valence-corrected chi connectivity index (χ0v) is 33.5. The third kappa shape index (κ3) is 9.29. The second-order valence-electron chi connectivity index (χ2n) is 15.8. The van der Waals surface area contributed by atoms with Crippen LogP contribution in [0.5, 0.6) is 11.6 Å². The third-order valence-electron chi connectivity index (χ3n) is 10.5. The standard InChI is InChI=1S/C40H51N9O6S/c1-27-11-8-9-20-47(27)39-45-43-35-19-17-30(26-48(35)39)55-33-18-16-28(31-13-6-7-14-32(31)33)12-10-15-37(50)42-36-24-34(40(2,3)4)46-49(36)29-23-38(44-41-25-29)53-21-22-54-56(5,51)52/h6-7,13-14,17,19,23-28,33H,8-12,15-16,18,20-22H2,1-5H3,(H,42,50)/t27-,28-,33+/m0/s1. The summed E-state index contributed by atoms with van der Waals surface area (Å²) in [7, 11) is -3.59. The van der Waals surface area contributed by atoms with Gasteiger partial charge in [0.05, 0.1) is 30.0 Å². The Bertz CT molecular complexity index is 2270. The number of hydrogen-bond donors (Lipinski definition) is 1. The van der Waals surface area contributed by atoms with Crippen molar-refractivity contribution in [3.05, 3.63) is 77.7 Å². The van der Waals surface area contributed by atoms with Gasteiger partial charge in [0.25, 0.3) is 10.1 Å². The van der Waals surface area contributed by atoms with Crippen molar-refractivity contribution in [2.75, 3.05) is 36.2 Å². The first-order chi connectivity index (χ1) is 26.8. The molecule has 1 fully saturated rings. The van der Waals surface area contributed by atoms with Gasteiger partial charge in [-0.15, -0.1) is 15.3 Å². The zero-order valence-electron chi connectivity index (χ0n) is 32.7. The summed E-state index contributed by atoms with van der Waals surface area (Å²) in [5.74, 6) is 2.53. The maximum atomic E-state index is 13.4. The maximum absolute atomic E-state index is 13.4. The Kier molecular flexibility index (Phi) is 11.6. The fraction of sp³-hybridized carbons (Fsp3) is 0.500. The Balaban J connectivity index is 0.984. The molecule has 5 heterocycles. The quantitative estimate of drug-likeness (QED) is 0.0955. The highest BCUT2D eigenvalue weighted by Crippen LogP contribution is 2.42. The van der Waals surface area contributed by atoms with Gasteiger partial charge in [0.1, 0.15) is 30.9 Å². The summed E-state index contributed by atoms with van der Waals surface area (Å²) in [5, 5.41) is 24.8. The first-order valence-electron chi connectivity index (χ1n) is 19.4. The molecule has 1 aromatic carbocycles. The van der Waals surface area contributed by atoms with Crippen molar-refractivity contribution in [3.8, 4) is 17.3 Å². The number of piperidine rings is 1. The molecule has 298 valence electrons. The van der Waals surface area contributed by atoms with Crippen LogP contribution in [0.15, 0.2) is 60.9 Å². The average Bonchev–Trinajstić information content (AvgIpc) is 3.79. The lowest BCUT2D eigenvalue weighted by molar-refractivity contribution is -0.116. The molecule has 1 saturated heterocycles. The van der Waals surface area contributed by atoms with Crippen LogP contribution in [0.1, 0.15) is 108 Å². The summed E-state index contributed by atoms with van der Waals surface area (Å²) in [4.78, 5) is 15.8. The van der Waals surface area contributed by atoms with Gasteiger partial charge in [-0.2, -0.15) is 18.6 Å². The third-order valence-corrected chi connectivity index (χ3v) is 11.0. The first kappa shape index (κ1) is 39.2. The number of anilines is 2. The smallest absolute Gasteiger partial charge is 0.264 e. The van der Waals surface area contributed by atoms with Crippen LogP contribution in [0.25, 0.3) is 11.3 Å². The van der Waals surface area contributed by atoms with Crippen molar-refractivity contribution in [2.24, 2.45) is 0 Å². The molecule has 7 rings (SSSR count). The van der Waals surface area contributed by atoms with Gasteiger partial charge in [-0.1, -0.05) is 45.0 Å². The molecule has 56 heavy (non-hydrogen) atoms. The van der Waals surface area contributed by atoms with E-state index in [1.54, 1.807) is 10.7 Å². The van der Waals surface area contributed by atoms with Crippen LogP contribution in [0, 0.1) is 0 Å². The highest BCUT2D eigenvalue weighted by Gasteiger charge is 2.29. The molecule has 1 aliphatic carbocycles. The molecule has 2 aliphatic rings. The SMILES string of the molecule is C[C@H]1CCCCN1c1nnc2ccc(O[C@@H]3CC[C@H](CCCC(=O)Nc4cc(C(C)(C)C)nn4-c4cnnc(OCCOS(C)(=O)=O)c4)c4ccccc43)cn12. The molecule has 4 aromatic heterocycles. The van der Waals surface area contributed by atoms with Crippen molar-refractivity contribution < 1.29 is 26.9 Å². The van der Waals surface area contributed by atoms with Gasteiger partial charge in [-0.3, -0.25) is 13.4 Å². The Hall–Kier alpha value is -5.09. The molecule has 1 amide bonds. The number of pyridine rings is 1. The average molecular weight is 786 g/mol. The number of carbonyl (C=O) groups excluding carboxylic acids is 1. The molecule has 16 heteroatoms. The molecule has 3 atom stereocenters. The Morgan fingerprint density at radius 3 is 2.59 bits per heavy atom. The molecule has 1 aliphatic heterocycles. The highest BCUT2D eigenvalue weighted by molar-refractivity contribution is 7.85. The Labute approximate surface area is 327 Å². The Morgan fingerprint density at radius 1 is 0.982 bits per heavy atom. The summed E-state index contributed by atoms with van der Waals surface area (Å²) in [6.07, 6.45) is 11.7. The predicted octanol–water partition coefficient (Wildman–Crippen LogP) is 6.54. The molecule has 0 radical (unpaired) electrons. The van der Waals surface area contributed by atoms with Crippen LogP contribution in [0.4, 0.5) is 11.8 Å². The van der Waals surface area contributed by atoms with Gasteiger partial charge >= 0.3 is 0 Å².